The van der Waals surface area contributed by atoms with Gasteiger partial charge in [0.15, 0.2) is 5.69 Å². The quantitative estimate of drug-likeness (QED) is 0.506. The molecule has 0 saturated heterocycles. The molecule has 1 aromatic heterocycles. The van der Waals surface area contributed by atoms with Crippen LogP contribution in [0.4, 0.5) is 0 Å². The molecular formula is C19H15FN4. The maximum absolute atomic E-state index is 4.70. The van der Waals surface area contributed by atoms with Crippen LogP contribution in [0.2, 0.25) is 0 Å². The Morgan fingerprint density at radius 1 is 0.667 bits per heavy atom. The average molecular weight is 318 g/mol. The summed E-state index contributed by atoms with van der Waals surface area (Å²) in [5.74, 6) is 0.693. The van der Waals surface area contributed by atoms with Gasteiger partial charge < -0.3 is 4.70 Å². The van der Waals surface area contributed by atoms with Gasteiger partial charge in [0, 0.05) is 4.80 Å². The third-order valence-electron chi connectivity index (χ3n) is 3.56. The van der Waals surface area contributed by atoms with Crippen molar-refractivity contribution in [1.29, 1.82) is 0 Å². The fourth-order valence-electron chi connectivity index (χ4n) is 2.44. The molecule has 5 heteroatoms. The summed E-state index contributed by atoms with van der Waals surface area (Å²) in [6, 6.07) is 30.0. The molecule has 118 valence electrons. The molecule has 0 N–H and O–H groups in total. The van der Waals surface area contributed by atoms with E-state index in [2.05, 4.69) is 0 Å². The average Bonchev–Trinajstić information content (AvgIpc) is 3.09. The lowest BCUT2D eigenvalue weighted by atomic mass is 10.2. The van der Waals surface area contributed by atoms with Crippen molar-refractivity contribution in [2.75, 3.05) is 0 Å². The van der Waals surface area contributed by atoms with E-state index in [1.807, 2.05) is 101 Å². The maximum Gasteiger partial charge on any atom is 0.340 e. The summed E-state index contributed by atoms with van der Waals surface area (Å²) in [6.45, 7) is 0. The molecule has 0 atom stereocenters. The Hall–Kier alpha value is -3.34. The minimum absolute atomic E-state index is 0. The van der Waals surface area contributed by atoms with Crippen molar-refractivity contribution >= 4 is 0 Å². The molecule has 0 spiro atoms. The van der Waals surface area contributed by atoms with Crippen LogP contribution in [-0.2, 0) is 0 Å². The maximum atomic E-state index is 4.70. The first-order valence-corrected chi connectivity index (χ1v) is 7.48. The summed E-state index contributed by atoms with van der Waals surface area (Å²) in [7, 11) is 0. The summed E-state index contributed by atoms with van der Waals surface area (Å²) in [6.07, 6.45) is 0. The summed E-state index contributed by atoms with van der Waals surface area (Å²) < 4.78 is 0. The Balaban J connectivity index is 0.00000169. The lowest BCUT2D eigenvalue weighted by Gasteiger charge is -1.98. The highest BCUT2D eigenvalue weighted by atomic mass is 19.0. The smallest absolute Gasteiger partial charge is 0.340 e. The third-order valence-corrected chi connectivity index (χ3v) is 3.56. The van der Waals surface area contributed by atoms with Gasteiger partial charge in [-0.25, -0.2) is 0 Å². The van der Waals surface area contributed by atoms with E-state index >= 15 is 0 Å². The van der Waals surface area contributed by atoms with Gasteiger partial charge in [0.05, 0.1) is 10.7 Å². The number of aromatic nitrogens is 4. The fraction of sp³-hybridized carbons (Fsp3) is 0. The van der Waals surface area contributed by atoms with Crippen LogP contribution in [-0.4, -0.2) is 15.0 Å². The number of tetrazole rings is 1. The van der Waals surface area contributed by atoms with Crippen molar-refractivity contribution in [2.24, 2.45) is 0 Å². The van der Waals surface area contributed by atoms with Gasteiger partial charge in [-0.3, -0.25) is 0 Å². The van der Waals surface area contributed by atoms with Crippen molar-refractivity contribution in [3.8, 4) is 22.8 Å². The normalized spacial score (nSPS) is 10.2. The molecule has 24 heavy (non-hydrogen) atoms. The van der Waals surface area contributed by atoms with Gasteiger partial charge >= 0.3 is 5.82 Å². The van der Waals surface area contributed by atoms with E-state index in [4.69, 9.17) is 10.2 Å². The molecule has 1 heterocycles. The second-order valence-corrected chi connectivity index (χ2v) is 5.14. The summed E-state index contributed by atoms with van der Waals surface area (Å²) in [4.78, 5) is 3.63. The van der Waals surface area contributed by atoms with Crippen LogP contribution < -0.4 is 9.50 Å². The fourth-order valence-corrected chi connectivity index (χ4v) is 2.44. The second kappa shape index (κ2) is 6.83. The number of hydrogen-bond acceptors (Lipinski definition) is 2. The van der Waals surface area contributed by atoms with Gasteiger partial charge in [-0.1, -0.05) is 54.6 Å². The summed E-state index contributed by atoms with van der Waals surface area (Å²) in [5, 5.41) is 9.39. The van der Waals surface area contributed by atoms with Crippen molar-refractivity contribution in [3.05, 3.63) is 91.0 Å². The summed E-state index contributed by atoms with van der Waals surface area (Å²) in [5.41, 5.74) is 2.92. The first kappa shape index (κ1) is 15.6. The van der Waals surface area contributed by atoms with Crippen LogP contribution in [0.3, 0.4) is 0 Å². The Kier molecular flexibility index (Phi) is 4.43. The number of hydrogen-bond donors (Lipinski definition) is 0. The molecule has 3 aromatic carbocycles. The number of halogens is 1. The zero-order valence-electron chi connectivity index (χ0n) is 12.8. The van der Waals surface area contributed by atoms with Crippen LogP contribution in [0.5, 0.6) is 0 Å². The van der Waals surface area contributed by atoms with Gasteiger partial charge in [-0.05, 0) is 46.3 Å². The Morgan fingerprint density at radius 3 is 1.83 bits per heavy atom. The Labute approximate surface area is 139 Å². The second-order valence-electron chi connectivity index (χ2n) is 5.14. The molecule has 0 saturated carbocycles. The van der Waals surface area contributed by atoms with E-state index in [1.165, 1.54) is 0 Å². The lowest BCUT2D eigenvalue weighted by Crippen LogP contribution is -3.00. The first-order valence-electron chi connectivity index (χ1n) is 7.48. The zero-order valence-corrected chi connectivity index (χ0v) is 12.8. The molecular weight excluding hydrogens is 303 g/mol. The van der Waals surface area contributed by atoms with E-state index < -0.39 is 0 Å². The zero-order chi connectivity index (χ0) is 15.5. The van der Waals surface area contributed by atoms with Gasteiger partial charge in [0.2, 0.25) is 0 Å². The summed E-state index contributed by atoms with van der Waals surface area (Å²) >= 11 is 0. The predicted octanol–water partition coefficient (Wildman–Crippen LogP) is 0.215. The van der Waals surface area contributed by atoms with Gasteiger partial charge in [-0.15, -0.1) is 0 Å². The molecule has 0 unspecified atom stereocenters. The SMILES string of the molecule is [F-].c1ccc(-c2nn(-c3ccccc3)[n+](-c3ccccc3)n2)cc1. The number of rotatable bonds is 3. The highest BCUT2D eigenvalue weighted by molar-refractivity contribution is 5.53. The first-order chi connectivity index (χ1) is 11.4. The molecule has 0 aliphatic carbocycles. The Bertz CT molecular complexity index is 849. The number of nitrogens with zero attached hydrogens (tertiary/aromatic N) is 4. The molecule has 0 bridgehead atoms. The minimum atomic E-state index is 0. The molecule has 4 rings (SSSR count). The molecule has 0 fully saturated rings. The highest BCUT2D eigenvalue weighted by Crippen LogP contribution is 2.14. The van der Waals surface area contributed by atoms with Crippen LogP contribution in [0.25, 0.3) is 22.8 Å². The van der Waals surface area contributed by atoms with Crippen molar-refractivity contribution < 1.29 is 9.50 Å². The molecule has 4 aromatic rings. The van der Waals surface area contributed by atoms with Gasteiger partial charge in [-0.2, -0.15) is 0 Å². The molecule has 0 aliphatic heterocycles. The highest BCUT2D eigenvalue weighted by Gasteiger charge is 2.22. The van der Waals surface area contributed by atoms with Crippen LogP contribution in [0.1, 0.15) is 0 Å². The van der Waals surface area contributed by atoms with Gasteiger partial charge in [0.1, 0.15) is 5.69 Å². The molecule has 0 radical (unpaired) electrons. The molecule has 0 aliphatic rings. The largest absolute Gasteiger partial charge is 1.00 e. The monoisotopic (exact) mass is 318 g/mol. The molecule has 4 nitrogen and oxygen atoms in total. The number of para-hydroxylation sites is 2. The Morgan fingerprint density at radius 2 is 1.21 bits per heavy atom. The van der Waals surface area contributed by atoms with E-state index in [9.17, 15) is 0 Å². The number of benzene rings is 3. The van der Waals surface area contributed by atoms with Crippen LogP contribution in [0.15, 0.2) is 91.0 Å². The topological polar surface area (TPSA) is 34.6 Å². The van der Waals surface area contributed by atoms with Crippen molar-refractivity contribution in [2.45, 2.75) is 0 Å². The van der Waals surface area contributed by atoms with Crippen LogP contribution >= 0.6 is 0 Å². The minimum Gasteiger partial charge on any atom is -1.00 e. The van der Waals surface area contributed by atoms with Gasteiger partial charge in [0.25, 0.3) is 0 Å². The lowest BCUT2D eigenvalue weighted by molar-refractivity contribution is -0.734. The van der Waals surface area contributed by atoms with E-state index in [-0.39, 0.29) is 4.70 Å². The van der Waals surface area contributed by atoms with E-state index in [0.717, 1.165) is 16.9 Å². The van der Waals surface area contributed by atoms with Crippen molar-refractivity contribution in [1.82, 2.24) is 15.0 Å². The van der Waals surface area contributed by atoms with E-state index in [0.29, 0.717) is 5.82 Å². The standard InChI is InChI=1S/C19H15N4.FH/c1-4-10-16(11-5-1)19-20-22(17-12-6-2-7-13-17)23(21-19)18-14-8-3-9-15-18;/h1-15H;1H/q+1;/p-1. The molecule has 0 amide bonds. The van der Waals surface area contributed by atoms with Crippen molar-refractivity contribution in [3.63, 3.8) is 0 Å². The third kappa shape index (κ3) is 2.92. The van der Waals surface area contributed by atoms with E-state index in [1.54, 1.807) is 0 Å². The van der Waals surface area contributed by atoms with Crippen LogP contribution in [0, 0.1) is 0 Å². The predicted molar refractivity (Wildman–Crippen MR) is 88.3 cm³/mol.